The number of nitrogens with one attached hydrogen (secondary N) is 1. The minimum atomic E-state index is 0.755. The van der Waals surface area contributed by atoms with Gasteiger partial charge in [-0.25, -0.2) is 0 Å². The number of hydrogen-bond donors (Lipinski definition) is 1. The molecule has 0 radical (unpaired) electrons. The van der Waals surface area contributed by atoms with Crippen molar-refractivity contribution >= 4 is 0 Å². The Kier molecular flexibility index (Phi) is 3.21. The van der Waals surface area contributed by atoms with Gasteiger partial charge in [-0.15, -0.1) is 6.58 Å². The van der Waals surface area contributed by atoms with Gasteiger partial charge in [-0.3, -0.25) is 4.68 Å². The van der Waals surface area contributed by atoms with E-state index in [9.17, 15) is 0 Å². The average molecular weight is 205 g/mol. The van der Waals surface area contributed by atoms with E-state index in [0.29, 0.717) is 0 Å². The highest BCUT2D eigenvalue weighted by Crippen LogP contribution is 2.18. The number of hydrogen-bond acceptors (Lipinski definition) is 2. The van der Waals surface area contributed by atoms with Crippen molar-refractivity contribution in [2.24, 2.45) is 0 Å². The predicted molar refractivity (Wildman–Crippen MR) is 61.5 cm³/mol. The van der Waals surface area contributed by atoms with E-state index in [4.69, 9.17) is 0 Å². The van der Waals surface area contributed by atoms with Crippen LogP contribution >= 0.6 is 0 Å². The van der Waals surface area contributed by atoms with Crippen LogP contribution in [0.15, 0.2) is 24.4 Å². The maximum absolute atomic E-state index is 4.50. The van der Waals surface area contributed by atoms with Gasteiger partial charge in [0.05, 0.1) is 5.69 Å². The number of rotatable bonds is 6. The summed E-state index contributed by atoms with van der Waals surface area (Å²) in [5.74, 6) is 0. The van der Waals surface area contributed by atoms with Crippen LogP contribution < -0.4 is 5.32 Å². The van der Waals surface area contributed by atoms with Crippen LogP contribution in [0, 0.1) is 0 Å². The van der Waals surface area contributed by atoms with Crippen LogP contribution in [0.25, 0.3) is 0 Å². The van der Waals surface area contributed by atoms with Gasteiger partial charge in [-0.1, -0.05) is 5.57 Å². The Hall–Kier alpha value is -1.09. The van der Waals surface area contributed by atoms with E-state index in [0.717, 1.165) is 31.2 Å². The Labute approximate surface area is 91.2 Å². The molecule has 2 rings (SSSR count). The monoisotopic (exact) mass is 205 g/mol. The standard InChI is InChI=1S/C12H19N3/c1-10(2)5-7-15-8-6-12(14-15)9-13-11-3-4-11/h6,8,11,13H,1,3-5,7,9H2,2H3. The predicted octanol–water partition coefficient (Wildman–Crippen LogP) is 2.10. The van der Waals surface area contributed by atoms with Gasteiger partial charge in [0.2, 0.25) is 0 Å². The highest BCUT2D eigenvalue weighted by Gasteiger charge is 2.20. The Morgan fingerprint density at radius 2 is 2.47 bits per heavy atom. The lowest BCUT2D eigenvalue weighted by atomic mass is 10.2. The van der Waals surface area contributed by atoms with Crippen LogP contribution in [0.1, 0.15) is 31.9 Å². The fraction of sp³-hybridized carbons (Fsp3) is 0.583. The summed E-state index contributed by atoms with van der Waals surface area (Å²) in [7, 11) is 0. The third-order valence-electron chi connectivity index (χ3n) is 2.61. The number of nitrogens with zero attached hydrogens (tertiary/aromatic N) is 2. The molecule has 0 bridgehead atoms. The Morgan fingerprint density at radius 3 is 3.13 bits per heavy atom. The summed E-state index contributed by atoms with van der Waals surface area (Å²) in [5, 5.41) is 7.95. The fourth-order valence-corrected chi connectivity index (χ4v) is 1.46. The highest BCUT2D eigenvalue weighted by atomic mass is 15.3. The van der Waals surface area contributed by atoms with Crippen molar-refractivity contribution in [1.29, 1.82) is 0 Å². The quantitative estimate of drug-likeness (QED) is 0.721. The van der Waals surface area contributed by atoms with Crippen molar-refractivity contribution in [3.63, 3.8) is 0 Å². The first-order valence-electron chi connectivity index (χ1n) is 5.64. The maximum Gasteiger partial charge on any atom is 0.0762 e. The zero-order valence-electron chi connectivity index (χ0n) is 9.37. The largest absolute Gasteiger partial charge is 0.308 e. The molecule has 0 aliphatic heterocycles. The minimum absolute atomic E-state index is 0.755. The summed E-state index contributed by atoms with van der Waals surface area (Å²) in [6, 6.07) is 2.85. The molecule has 15 heavy (non-hydrogen) atoms. The molecule has 82 valence electrons. The topological polar surface area (TPSA) is 29.9 Å². The molecule has 1 aromatic heterocycles. The third-order valence-corrected chi connectivity index (χ3v) is 2.61. The van der Waals surface area contributed by atoms with Gasteiger partial charge >= 0.3 is 0 Å². The highest BCUT2D eigenvalue weighted by molar-refractivity contribution is 5.00. The van der Waals surface area contributed by atoms with Crippen LogP contribution in [0.4, 0.5) is 0 Å². The number of aryl methyl sites for hydroxylation is 1. The van der Waals surface area contributed by atoms with Gasteiger partial charge < -0.3 is 5.32 Å². The number of aromatic nitrogens is 2. The third kappa shape index (κ3) is 3.51. The summed E-state index contributed by atoms with van der Waals surface area (Å²) >= 11 is 0. The second-order valence-electron chi connectivity index (χ2n) is 4.43. The molecule has 3 heteroatoms. The van der Waals surface area contributed by atoms with Crippen molar-refractivity contribution in [1.82, 2.24) is 15.1 Å². The van der Waals surface area contributed by atoms with E-state index in [-0.39, 0.29) is 0 Å². The van der Waals surface area contributed by atoms with Gasteiger partial charge in [0.15, 0.2) is 0 Å². The molecule has 0 amide bonds. The molecule has 1 fully saturated rings. The summed E-state index contributed by atoms with van der Waals surface area (Å²) < 4.78 is 2.00. The van der Waals surface area contributed by atoms with E-state index < -0.39 is 0 Å². The van der Waals surface area contributed by atoms with E-state index in [1.54, 1.807) is 0 Å². The first-order chi connectivity index (χ1) is 7.24. The molecular weight excluding hydrogens is 186 g/mol. The summed E-state index contributed by atoms with van der Waals surface area (Å²) in [5.41, 5.74) is 2.35. The van der Waals surface area contributed by atoms with Crippen molar-refractivity contribution in [2.75, 3.05) is 0 Å². The molecule has 1 aromatic rings. The van der Waals surface area contributed by atoms with Gasteiger partial charge in [-0.2, -0.15) is 5.10 Å². The van der Waals surface area contributed by atoms with Crippen LogP contribution in [0.5, 0.6) is 0 Å². The second-order valence-corrected chi connectivity index (χ2v) is 4.43. The fourth-order valence-electron chi connectivity index (χ4n) is 1.46. The van der Waals surface area contributed by atoms with E-state index in [1.165, 1.54) is 18.4 Å². The molecule has 1 aliphatic rings. The van der Waals surface area contributed by atoms with Crippen molar-refractivity contribution < 1.29 is 0 Å². The Bertz CT molecular complexity index is 336. The molecule has 1 heterocycles. The summed E-state index contributed by atoms with van der Waals surface area (Å²) in [6.07, 6.45) is 5.72. The molecule has 0 atom stereocenters. The molecule has 1 aliphatic carbocycles. The summed E-state index contributed by atoms with van der Waals surface area (Å²) in [6.45, 7) is 7.80. The van der Waals surface area contributed by atoms with Crippen molar-refractivity contribution in [2.45, 2.75) is 45.3 Å². The van der Waals surface area contributed by atoms with E-state index in [1.807, 2.05) is 10.9 Å². The molecule has 0 saturated heterocycles. The molecule has 0 unspecified atom stereocenters. The van der Waals surface area contributed by atoms with Gasteiger partial charge in [0, 0.05) is 25.3 Å². The summed E-state index contributed by atoms with van der Waals surface area (Å²) in [4.78, 5) is 0. The minimum Gasteiger partial charge on any atom is -0.308 e. The van der Waals surface area contributed by atoms with Crippen LogP contribution in [0.3, 0.4) is 0 Å². The lowest BCUT2D eigenvalue weighted by molar-refractivity contribution is 0.589. The first-order valence-corrected chi connectivity index (χ1v) is 5.64. The normalized spacial score (nSPS) is 15.5. The van der Waals surface area contributed by atoms with Crippen LogP contribution in [0.2, 0.25) is 0 Å². The van der Waals surface area contributed by atoms with Crippen LogP contribution in [-0.2, 0) is 13.1 Å². The Balaban J connectivity index is 1.77. The smallest absolute Gasteiger partial charge is 0.0762 e. The van der Waals surface area contributed by atoms with E-state index in [2.05, 4.69) is 30.0 Å². The maximum atomic E-state index is 4.50. The molecule has 3 nitrogen and oxygen atoms in total. The van der Waals surface area contributed by atoms with Gasteiger partial charge in [0.1, 0.15) is 0 Å². The first kappa shape index (κ1) is 10.4. The van der Waals surface area contributed by atoms with Crippen LogP contribution in [-0.4, -0.2) is 15.8 Å². The number of allylic oxidation sites excluding steroid dienone is 1. The lowest BCUT2D eigenvalue weighted by Gasteiger charge is -2.01. The SMILES string of the molecule is C=C(C)CCn1ccc(CNC2CC2)n1. The van der Waals surface area contributed by atoms with Crippen molar-refractivity contribution in [3.05, 3.63) is 30.1 Å². The van der Waals surface area contributed by atoms with Gasteiger partial charge in [0.25, 0.3) is 0 Å². The van der Waals surface area contributed by atoms with Crippen molar-refractivity contribution in [3.8, 4) is 0 Å². The average Bonchev–Trinajstić information content (AvgIpc) is 2.92. The van der Waals surface area contributed by atoms with E-state index >= 15 is 0 Å². The molecule has 1 N–H and O–H groups in total. The molecular formula is C12H19N3. The van der Waals surface area contributed by atoms with Gasteiger partial charge in [-0.05, 0) is 32.3 Å². The molecule has 1 saturated carbocycles. The molecule has 0 spiro atoms. The zero-order valence-corrected chi connectivity index (χ0v) is 9.37. The zero-order chi connectivity index (χ0) is 10.7. The second kappa shape index (κ2) is 4.62. The Morgan fingerprint density at radius 1 is 1.67 bits per heavy atom. The lowest BCUT2D eigenvalue weighted by Crippen LogP contribution is -2.15. The molecule has 0 aromatic carbocycles.